The number of aromatic nitrogens is 1. The van der Waals surface area contributed by atoms with Gasteiger partial charge in [-0.2, -0.15) is 0 Å². The number of thiophene rings is 1. The first-order valence-corrected chi connectivity index (χ1v) is 11.0. The van der Waals surface area contributed by atoms with E-state index in [0.717, 1.165) is 4.88 Å². The van der Waals surface area contributed by atoms with E-state index < -0.39 is 18.0 Å². The topological polar surface area (TPSA) is 87.0 Å². The number of fused-ring (bicyclic) bond motifs is 1. The number of hydrogen-bond donors (Lipinski definition) is 0. The molecule has 7 nitrogen and oxygen atoms in total. The van der Waals surface area contributed by atoms with Crippen LogP contribution in [0.5, 0.6) is 0 Å². The molecule has 0 unspecified atom stereocenters. The molecule has 0 radical (unpaired) electrons. The van der Waals surface area contributed by atoms with Gasteiger partial charge in [-0.15, -0.1) is 11.3 Å². The lowest BCUT2D eigenvalue weighted by molar-refractivity contribution is -0.136. The van der Waals surface area contributed by atoms with Gasteiger partial charge in [-0.3, -0.25) is 9.36 Å². The quantitative estimate of drug-likeness (QED) is 0.565. The molecule has 9 heteroatoms. The van der Waals surface area contributed by atoms with Crippen molar-refractivity contribution in [1.29, 1.82) is 0 Å². The van der Waals surface area contributed by atoms with Crippen molar-refractivity contribution in [2.45, 2.75) is 13.0 Å². The van der Waals surface area contributed by atoms with Crippen LogP contribution in [0.3, 0.4) is 0 Å². The minimum atomic E-state index is -0.721. The highest BCUT2D eigenvalue weighted by atomic mass is 32.1. The Balaban J connectivity index is 1.94. The Bertz CT molecular complexity index is 1360. The molecular formula is C22H18N2O5S2. The van der Waals surface area contributed by atoms with Gasteiger partial charge in [0.25, 0.3) is 5.56 Å². The van der Waals surface area contributed by atoms with E-state index in [2.05, 4.69) is 4.99 Å². The Morgan fingerprint density at radius 1 is 1.10 bits per heavy atom. The third-order valence-electron chi connectivity index (χ3n) is 4.89. The predicted octanol–water partition coefficient (Wildman–Crippen LogP) is 2.26. The normalized spacial score (nSPS) is 16.0. The molecule has 1 aliphatic rings. The van der Waals surface area contributed by atoms with E-state index in [1.165, 1.54) is 41.5 Å². The fourth-order valence-electron chi connectivity index (χ4n) is 3.43. The first kappa shape index (κ1) is 21.0. The van der Waals surface area contributed by atoms with Gasteiger partial charge in [-0.1, -0.05) is 29.5 Å². The number of benzene rings is 1. The van der Waals surface area contributed by atoms with Crippen molar-refractivity contribution in [2.75, 3.05) is 14.2 Å². The summed E-state index contributed by atoms with van der Waals surface area (Å²) in [4.78, 5) is 43.7. The van der Waals surface area contributed by atoms with Crippen molar-refractivity contribution in [2.24, 2.45) is 4.99 Å². The predicted molar refractivity (Wildman–Crippen MR) is 118 cm³/mol. The molecule has 158 valence electrons. The monoisotopic (exact) mass is 454 g/mol. The molecule has 0 amide bonds. The molecule has 1 aliphatic heterocycles. The molecule has 3 heterocycles. The molecule has 0 bridgehead atoms. The Morgan fingerprint density at radius 2 is 1.81 bits per heavy atom. The Hall–Kier alpha value is -3.30. The van der Waals surface area contributed by atoms with E-state index in [4.69, 9.17) is 9.47 Å². The van der Waals surface area contributed by atoms with E-state index in [0.29, 0.717) is 26.2 Å². The number of methoxy groups -OCH3 is 2. The number of carbonyl (C=O) groups excluding carboxylic acids is 2. The number of thiazole rings is 1. The SMILES string of the molecule is COC(=O)C1=C(C)N=c2s/c(=C\c3cccs3)c(=O)n2[C@H]1c1ccc(C(=O)OC)cc1. The average Bonchev–Trinajstić information content (AvgIpc) is 3.40. The molecule has 31 heavy (non-hydrogen) atoms. The lowest BCUT2D eigenvalue weighted by atomic mass is 9.95. The molecule has 1 aromatic carbocycles. The maximum Gasteiger partial charge on any atom is 0.338 e. The molecule has 0 saturated carbocycles. The smallest absolute Gasteiger partial charge is 0.338 e. The average molecular weight is 455 g/mol. The summed E-state index contributed by atoms with van der Waals surface area (Å²) in [6, 6.07) is 9.74. The van der Waals surface area contributed by atoms with Crippen LogP contribution >= 0.6 is 22.7 Å². The summed E-state index contributed by atoms with van der Waals surface area (Å²) in [5.41, 5.74) is 1.55. The lowest BCUT2D eigenvalue weighted by Gasteiger charge is -2.24. The molecule has 1 atom stereocenters. The fourth-order valence-corrected chi connectivity index (χ4v) is 5.20. The number of nitrogens with zero attached hydrogens (tertiary/aromatic N) is 2. The summed E-state index contributed by atoms with van der Waals surface area (Å²) >= 11 is 2.80. The number of ether oxygens (including phenoxy) is 2. The van der Waals surface area contributed by atoms with Gasteiger partial charge in [0.05, 0.1) is 41.6 Å². The Kier molecular flexibility index (Phi) is 5.71. The van der Waals surface area contributed by atoms with Crippen molar-refractivity contribution in [3.05, 3.63) is 88.7 Å². The number of carbonyl (C=O) groups is 2. The van der Waals surface area contributed by atoms with Crippen LogP contribution in [0.1, 0.15) is 33.8 Å². The molecule has 4 rings (SSSR count). The number of esters is 2. The third-order valence-corrected chi connectivity index (χ3v) is 6.69. The summed E-state index contributed by atoms with van der Waals surface area (Å²) in [6.45, 7) is 1.72. The Labute approximate surface area is 185 Å². The zero-order chi connectivity index (χ0) is 22.1. The zero-order valence-corrected chi connectivity index (χ0v) is 18.6. The van der Waals surface area contributed by atoms with Crippen LogP contribution < -0.4 is 14.9 Å². The maximum atomic E-state index is 13.3. The second kappa shape index (κ2) is 8.44. The minimum Gasteiger partial charge on any atom is -0.466 e. The van der Waals surface area contributed by atoms with Gasteiger partial charge in [0, 0.05) is 4.88 Å². The van der Waals surface area contributed by atoms with E-state index in [-0.39, 0.29) is 11.1 Å². The first-order valence-electron chi connectivity index (χ1n) is 9.27. The van der Waals surface area contributed by atoms with Crippen molar-refractivity contribution in [1.82, 2.24) is 4.57 Å². The Morgan fingerprint density at radius 3 is 2.42 bits per heavy atom. The number of allylic oxidation sites excluding steroid dienone is 1. The highest BCUT2D eigenvalue weighted by Crippen LogP contribution is 2.30. The van der Waals surface area contributed by atoms with Crippen LogP contribution in [-0.2, 0) is 14.3 Å². The van der Waals surface area contributed by atoms with Crippen LogP contribution in [0.4, 0.5) is 0 Å². The standard InChI is InChI=1S/C22H18N2O5S2/c1-12-17(21(27)29-3)18(13-6-8-14(9-7-13)20(26)28-2)24-19(25)16(31-22(24)23-12)11-15-5-4-10-30-15/h4-11,18H,1-3H3/b16-11-/t18-/m0/s1. The van der Waals surface area contributed by atoms with Crippen LogP contribution in [0, 0.1) is 0 Å². The van der Waals surface area contributed by atoms with E-state index in [9.17, 15) is 14.4 Å². The van der Waals surface area contributed by atoms with Crippen molar-refractivity contribution < 1.29 is 19.1 Å². The summed E-state index contributed by atoms with van der Waals surface area (Å²) in [6.07, 6.45) is 1.82. The minimum absolute atomic E-state index is 0.243. The van der Waals surface area contributed by atoms with Crippen molar-refractivity contribution in [3.63, 3.8) is 0 Å². The molecule has 0 aliphatic carbocycles. The van der Waals surface area contributed by atoms with Gasteiger partial charge in [-0.05, 0) is 42.1 Å². The molecular weight excluding hydrogens is 436 g/mol. The largest absolute Gasteiger partial charge is 0.466 e. The zero-order valence-electron chi connectivity index (χ0n) is 16.9. The van der Waals surface area contributed by atoms with Gasteiger partial charge in [-0.25, -0.2) is 14.6 Å². The first-order chi connectivity index (χ1) is 14.9. The van der Waals surface area contributed by atoms with E-state index in [1.54, 1.807) is 31.2 Å². The van der Waals surface area contributed by atoms with Crippen LogP contribution in [0.2, 0.25) is 0 Å². The highest BCUT2D eigenvalue weighted by molar-refractivity contribution is 7.11. The van der Waals surface area contributed by atoms with Gasteiger partial charge in [0.1, 0.15) is 0 Å². The molecule has 0 saturated heterocycles. The summed E-state index contributed by atoms with van der Waals surface area (Å²) in [5.74, 6) is -1.03. The highest BCUT2D eigenvalue weighted by Gasteiger charge is 2.33. The summed E-state index contributed by atoms with van der Waals surface area (Å²) in [5, 5.41) is 1.94. The molecule has 0 spiro atoms. The van der Waals surface area contributed by atoms with E-state index in [1.807, 2.05) is 23.6 Å². The summed E-state index contributed by atoms with van der Waals surface area (Å²) in [7, 11) is 2.60. The van der Waals surface area contributed by atoms with E-state index >= 15 is 0 Å². The second-order valence-electron chi connectivity index (χ2n) is 6.70. The van der Waals surface area contributed by atoms with Crippen molar-refractivity contribution >= 4 is 40.7 Å². The molecule has 3 aromatic rings. The van der Waals surface area contributed by atoms with Gasteiger partial charge >= 0.3 is 11.9 Å². The second-order valence-corrected chi connectivity index (χ2v) is 8.69. The van der Waals surface area contributed by atoms with Gasteiger partial charge < -0.3 is 9.47 Å². The summed E-state index contributed by atoms with van der Waals surface area (Å²) < 4.78 is 11.8. The number of rotatable bonds is 4. The van der Waals surface area contributed by atoms with Gasteiger partial charge in [0.2, 0.25) is 0 Å². The van der Waals surface area contributed by atoms with Crippen LogP contribution in [-0.4, -0.2) is 30.7 Å². The fraction of sp³-hybridized carbons (Fsp3) is 0.182. The van der Waals surface area contributed by atoms with Crippen LogP contribution in [0.25, 0.3) is 6.08 Å². The van der Waals surface area contributed by atoms with Crippen molar-refractivity contribution in [3.8, 4) is 0 Å². The van der Waals surface area contributed by atoms with Gasteiger partial charge in [0.15, 0.2) is 4.80 Å². The maximum absolute atomic E-state index is 13.3. The van der Waals surface area contributed by atoms with Crippen LogP contribution in [0.15, 0.2) is 62.8 Å². The molecule has 0 N–H and O–H groups in total. The third kappa shape index (κ3) is 3.77. The number of hydrogen-bond acceptors (Lipinski definition) is 8. The molecule has 0 fully saturated rings. The molecule has 2 aromatic heterocycles. The lowest BCUT2D eigenvalue weighted by Crippen LogP contribution is -2.39.